The first kappa shape index (κ1) is 12.6. The van der Waals surface area contributed by atoms with Gasteiger partial charge in [0.15, 0.2) is 5.78 Å². The van der Waals surface area contributed by atoms with Gasteiger partial charge in [0.05, 0.1) is 15.8 Å². The fourth-order valence-electron chi connectivity index (χ4n) is 2.05. The molecule has 1 aliphatic rings. The molecule has 1 aliphatic carbocycles. The van der Waals surface area contributed by atoms with E-state index in [9.17, 15) is 9.59 Å². The van der Waals surface area contributed by atoms with Gasteiger partial charge in [0.25, 0.3) is 0 Å². The molecule has 0 bridgehead atoms. The van der Waals surface area contributed by atoms with Crippen molar-refractivity contribution in [3.05, 3.63) is 21.3 Å². The van der Waals surface area contributed by atoms with Crippen molar-refractivity contribution in [1.82, 2.24) is 5.32 Å². The van der Waals surface area contributed by atoms with Crippen LogP contribution in [0.15, 0.2) is 12.1 Å². The maximum Gasteiger partial charge on any atom is 0.223 e. The molecule has 0 saturated heterocycles. The van der Waals surface area contributed by atoms with Crippen LogP contribution in [0, 0.1) is 5.92 Å². The summed E-state index contributed by atoms with van der Waals surface area (Å²) < 4.78 is 0.593. The van der Waals surface area contributed by atoms with E-state index in [-0.39, 0.29) is 24.2 Å². The van der Waals surface area contributed by atoms with Crippen molar-refractivity contribution in [2.24, 2.45) is 5.92 Å². The normalized spacial score (nSPS) is 16.1. The Labute approximate surface area is 109 Å². The van der Waals surface area contributed by atoms with E-state index < -0.39 is 0 Å². The Balaban J connectivity index is 1.81. The molecule has 0 unspecified atom stereocenters. The highest BCUT2D eigenvalue weighted by Gasteiger charge is 2.23. The largest absolute Gasteiger partial charge is 0.348 e. The number of ketones is 1. The quantitative estimate of drug-likeness (QED) is 0.856. The topological polar surface area (TPSA) is 46.2 Å². The standard InChI is InChI=1S/C12H14ClNO2S/c13-11-6-5-10(17-11)9(15)7-14-12(16)8-3-1-2-4-8/h5-6,8H,1-4,7H2,(H,14,16). The predicted octanol–water partition coefficient (Wildman–Crippen LogP) is 2.89. The number of hydrogen-bond acceptors (Lipinski definition) is 3. The zero-order chi connectivity index (χ0) is 12.3. The van der Waals surface area contributed by atoms with E-state index in [0.29, 0.717) is 9.21 Å². The van der Waals surface area contributed by atoms with Gasteiger partial charge >= 0.3 is 0 Å². The third-order valence-corrected chi connectivity index (χ3v) is 4.27. The maximum absolute atomic E-state index is 11.7. The van der Waals surface area contributed by atoms with Crippen molar-refractivity contribution in [3.63, 3.8) is 0 Å². The summed E-state index contributed by atoms with van der Waals surface area (Å²) >= 11 is 6.99. The molecule has 1 N–H and O–H groups in total. The summed E-state index contributed by atoms with van der Waals surface area (Å²) in [6, 6.07) is 3.38. The highest BCUT2D eigenvalue weighted by atomic mass is 35.5. The zero-order valence-electron chi connectivity index (χ0n) is 9.37. The van der Waals surface area contributed by atoms with Gasteiger partial charge in [-0.1, -0.05) is 24.4 Å². The van der Waals surface area contributed by atoms with Crippen LogP contribution in [0.5, 0.6) is 0 Å². The van der Waals surface area contributed by atoms with E-state index in [1.54, 1.807) is 12.1 Å². The molecule has 1 saturated carbocycles. The molecule has 0 radical (unpaired) electrons. The molecule has 1 amide bonds. The summed E-state index contributed by atoms with van der Waals surface area (Å²) in [6.45, 7) is 0.0756. The Morgan fingerprint density at radius 2 is 2.06 bits per heavy atom. The average molecular weight is 272 g/mol. The minimum absolute atomic E-state index is 0.0125. The summed E-state index contributed by atoms with van der Waals surface area (Å²) in [5.41, 5.74) is 0. The Hall–Kier alpha value is -0.870. The Morgan fingerprint density at radius 3 is 2.65 bits per heavy atom. The second kappa shape index (κ2) is 5.65. The second-order valence-corrected chi connectivity index (χ2v) is 5.94. The number of carbonyl (C=O) groups excluding carboxylic acids is 2. The van der Waals surface area contributed by atoms with E-state index in [0.717, 1.165) is 25.7 Å². The number of halogens is 1. The number of amides is 1. The predicted molar refractivity (Wildman–Crippen MR) is 68.6 cm³/mol. The minimum atomic E-state index is -0.0757. The van der Waals surface area contributed by atoms with E-state index in [2.05, 4.69) is 5.32 Å². The van der Waals surface area contributed by atoms with E-state index in [1.165, 1.54) is 11.3 Å². The highest BCUT2D eigenvalue weighted by molar-refractivity contribution is 7.18. The van der Waals surface area contributed by atoms with Crippen molar-refractivity contribution >= 4 is 34.6 Å². The van der Waals surface area contributed by atoms with Gasteiger partial charge in [0.2, 0.25) is 5.91 Å². The Kier molecular flexibility index (Phi) is 4.18. The minimum Gasteiger partial charge on any atom is -0.348 e. The third kappa shape index (κ3) is 3.30. The van der Waals surface area contributed by atoms with Crippen LogP contribution < -0.4 is 5.32 Å². The van der Waals surface area contributed by atoms with Gasteiger partial charge in [0, 0.05) is 5.92 Å². The zero-order valence-corrected chi connectivity index (χ0v) is 10.9. The summed E-state index contributed by atoms with van der Waals surface area (Å²) in [5, 5.41) is 2.71. The molecule has 1 heterocycles. The van der Waals surface area contributed by atoms with Crippen molar-refractivity contribution in [2.75, 3.05) is 6.54 Å². The third-order valence-electron chi connectivity index (χ3n) is 3.00. The van der Waals surface area contributed by atoms with Gasteiger partial charge in [-0.25, -0.2) is 0 Å². The van der Waals surface area contributed by atoms with Crippen LogP contribution in [-0.2, 0) is 4.79 Å². The van der Waals surface area contributed by atoms with Crippen LogP contribution in [-0.4, -0.2) is 18.2 Å². The van der Waals surface area contributed by atoms with Crippen molar-refractivity contribution < 1.29 is 9.59 Å². The van der Waals surface area contributed by atoms with Crippen LogP contribution in [0.3, 0.4) is 0 Å². The lowest BCUT2D eigenvalue weighted by molar-refractivity contribution is -0.124. The summed E-state index contributed by atoms with van der Waals surface area (Å²) in [4.78, 5) is 24.0. The first-order valence-electron chi connectivity index (χ1n) is 5.73. The lowest BCUT2D eigenvalue weighted by Gasteiger charge is -2.08. The number of Topliss-reactive ketones (excluding diaryl/α,β-unsaturated/α-hetero) is 1. The Bertz CT molecular complexity index is 424. The molecule has 1 fully saturated rings. The molecule has 1 aromatic heterocycles. The van der Waals surface area contributed by atoms with Crippen LogP contribution >= 0.6 is 22.9 Å². The molecule has 0 spiro atoms. The van der Waals surface area contributed by atoms with Gasteiger partial charge in [-0.2, -0.15) is 0 Å². The van der Waals surface area contributed by atoms with Crippen molar-refractivity contribution in [1.29, 1.82) is 0 Å². The number of carbonyl (C=O) groups is 2. The first-order chi connectivity index (χ1) is 8.16. The van der Waals surface area contributed by atoms with Gasteiger partial charge < -0.3 is 5.32 Å². The molecule has 3 nitrogen and oxygen atoms in total. The lowest BCUT2D eigenvalue weighted by Crippen LogP contribution is -2.33. The maximum atomic E-state index is 11.7. The van der Waals surface area contributed by atoms with Gasteiger partial charge in [-0.05, 0) is 25.0 Å². The SMILES string of the molecule is O=C(CNC(=O)C1CCCC1)c1ccc(Cl)s1. The molecule has 0 aromatic carbocycles. The second-order valence-electron chi connectivity index (χ2n) is 4.23. The number of thiophene rings is 1. The average Bonchev–Trinajstić information content (AvgIpc) is 2.95. The van der Waals surface area contributed by atoms with E-state index >= 15 is 0 Å². The van der Waals surface area contributed by atoms with Crippen LogP contribution in [0.4, 0.5) is 0 Å². The number of nitrogens with one attached hydrogen (secondary N) is 1. The van der Waals surface area contributed by atoms with Crippen molar-refractivity contribution in [2.45, 2.75) is 25.7 Å². The van der Waals surface area contributed by atoms with E-state index in [1.807, 2.05) is 0 Å². The molecule has 92 valence electrons. The fourth-order valence-corrected chi connectivity index (χ4v) is 3.03. The summed E-state index contributed by atoms with van der Waals surface area (Å²) in [7, 11) is 0. The molecule has 2 rings (SSSR count). The summed E-state index contributed by atoms with van der Waals surface area (Å²) in [5.74, 6) is 0.0430. The monoisotopic (exact) mass is 271 g/mol. The number of rotatable bonds is 4. The molecule has 0 atom stereocenters. The molecule has 17 heavy (non-hydrogen) atoms. The molecule has 5 heteroatoms. The summed E-state index contributed by atoms with van der Waals surface area (Å²) in [6.07, 6.45) is 4.13. The van der Waals surface area contributed by atoms with Crippen LogP contribution in [0.2, 0.25) is 4.34 Å². The lowest BCUT2D eigenvalue weighted by atomic mass is 10.1. The first-order valence-corrected chi connectivity index (χ1v) is 6.92. The van der Waals surface area contributed by atoms with Gasteiger partial charge in [0.1, 0.15) is 0 Å². The molecular formula is C12H14ClNO2S. The Morgan fingerprint density at radius 1 is 1.35 bits per heavy atom. The van der Waals surface area contributed by atoms with Crippen LogP contribution in [0.25, 0.3) is 0 Å². The highest BCUT2D eigenvalue weighted by Crippen LogP contribution is 2.25. The molecule has 1 aromatic rings. The number of hydrogen-bond donors (Lipinski definition) is 1. The molecular weight excluding hydrogens is 258 g/mol. The van der Waals surface area contributed by atoms with Gasteiger partial charge in [-0.15, -0.1) is 11.3 Å². The smallest absolute Gasteiger partial charge is 0.223 e. The van der Waals surface area contributed by atoms with Gasteiger partial charge in [-0.3, -0.25) is 9.59 Å². The fraction of sp³-hybridized carbons (Fsp3) is 0.500. The van der Waals surface area contributed by atoms with Crippen molar-refractivity contribution in [3.8, 4) is 0 Å². The molecule has 0 aliphatic heterocycles. The van der Waals surface area contributed by atoms with Crippen LogP contribution in [0.1, 0.15) is 35.4 Å². The van der Waals surface area contributed by atoms with E-state index in [4.69, 9.17) is 11.6 Å².